The van der Waals surface area contributed by atoms with E-state index in [2.05, 4.69) is 36.7 Å². The van der Waals surface area contributed by atoms with E-state index in [1.54, 1.807) is 0 Å². The molecule has 0 bridgehead atoms. The molecule has 0 spiro atoms. The average molecular weight is 324 g/mol. The largest absolute Gasteiger partial charge is 0.392 e. The fourth-order valence-electron chi connectivity index (χ4n) is 2.71. The van der Waals surface area contributed by atoms with Crippen LogP contribution in [-0.2, 0) is 6.54 Å². The standard InChI is InChI=1S/C14H18BrN3O/c15-13-3-1-4-14-12(13)9-16-18(14)7-2-6-17-8-5-11(19)10-17/h1,3-4,9,11,19H,2,5-8,10H2/t11-/m1/s1. The van der Waals surface area contributed by atoms with Gasteiger partial charge in [-0.25, -0.2) is 0 Å². The second-order valence-electron chi connectivity index (χ2n) is 5.14. The summed E-state index contributed by atoms with van der Waals surface area (Å²) in [6, 6.07) is 6.19. The smallest absolute Gasteiger partial charge is 0.0693 e. The van der Waals surface area contributed by atoms with Gasteiger partial charge in [0, 0.05) is 36.0 Å². The lowest BCUT2D eigenvalue weighted by molar-refractivity contribution is 0.175. The summed E-state index contributed by atoms with van der Waals surface area (Å²) in [5.41, 5.74) is 1.18. The number of hydrogen-bond acceptors (Lipinski definition) is 3. The van der Waals surface area contributed by atoms with E-state index < -0.39 is 0 Å². The normalized spacial score (nSPS) is 20.4. The molecular weight excluding hydrogens is 306 g/mol. The molecule has 1 atom stereocenters. The number of aliphatic hydroxyl groups excluding tert-OH is 1. The van der Waals surface area contributed by atoms with Crippen LogP contribution in [0.1, 0.15) is 12.8 Å². The van der Waals surface area contributed by atoms with Crippen LogP contribution in [0, 0.1) is 0 Å². The Hall–Kier alpha value is -0.910. The molecule has 102 valence electrons. The van der Waals surface area contributed by atoms with Crippen molar-refractivity contribution in [3.05, 3.63) is 28.9 Å². The predicted molar refractivity (Wildman–Crippen MR) is 79.1 cm³/mol. The highest BCUT2D eigenvalue weighted by Gasteiger charge is 2.19. The van der Waals surface area contributed by atoms with Gasteiger partial charge < -0.3 is 10.0 Å². The summed E-state index contributed by atoms with van der Waals surface area (Å²) in [7, 11) is 0. The van der Waals surface area contributed by atoms with Crippen LogP contribution in [0.3, 0.4) is 0 Å². The molecule has 0 saturated carbocycles. The molecule has 5 heteroatoms. The van der Waals surface area contributed by atoms with E-state index in [0.29, 0.717) is 0 Å². The van der Waals surface area contributed by atoms with Gasteiger partial charge in [-0.2, -0.15) is 5.10 Å². The number of fused-ring (bicyclic) bond motifs is 1. The first-order chi connectivity index (χ1) is 9.24. The van der Waals surface area contributed by atoms with Gasteiger partial charge in [0.2, 0.25) is 0 Å². The van der Waals surface area contributed by atoms with Crippen molar-refractivity contribution in [2.24, 2.45) is 0 Å². The Balaban J connectivity index is 1.61. The second-order valence-corrected chi connectivity index (χ2v) is 5.99. The van der Waals surface area contributed by atoms with Crippen LogP contribution < -0.4 is 0 Å². The monoisotopic (exact) mass is 323 g/mol. The predicted octanol–water partition coefficient (Wildman–Crippen LogP) is 2.26. The number of aliphatic hydroxyl groups is 1. The summed E-state index contributed by atoms with van der Waals surface area (Å²) in [6.45, 7) is 3.80. The van der Waals surface area contributed by atoms with Crippen LogP contribution in [0.4, 0.5) is 0 Å². The molecule has 0 radical (unpaired) electrons. The summed E-state index contributed by atoms with van der Waals surface area (Å²) in [6.07, 6.45) is 3.77. The molecule has 2 aromatic rings. The van der Waals surface area contributed by atoms with E-state index in [-0.39, 0.29) is 6.10 Å². The molecule has 0 unspecified atom stereocenters. The van der Waals surface area contributed by atoms with Crippen LogP contribution in [-0.4, -0.2) is 45.5 Å². The molecule has 19 heavy (non-hydrogen) atoms. The van der Waals surface area contributed by atoms with Crippen molar-refractivity contribution < 1.29 is 5.11 Å². The zero-order valence-electron chi connectivity index (χ0n) is 10.8. The Kier molecular flexibility index (Phi) is 3.86. The summed E-state index contributed by atoms with van der Waals surface area (Å²) in [4.78, 5) is 2.33. The van der Waals surface area contributed by atoms with Crippen molar-refractivity contribution in [2.75, 3.05) is 19.6 Å². The van der Waals surface area contributed by atoms with Gasteiger partial charge in [0.1, 0.15) is 0 Å². The van der Waals surface area contributed by atoms with Gasteiger partial charge in [0.25, 0.3) is 0 Å². The van der Waals surface area contributed by atoms with E-state index in [0.717, 1.165) is 43.5 Å². The molecule has 1 fully saturated rings. The number of likely N-dealkylation sites (tertiary alicyclic amines) is 1. The van der Waals surface area contributed by atoms with Crippen LogP contribution in [0.2, 0.25) is 0 Å². The molecule has 0 aliphatic carbocycles. The first-order valence-electron chi connectivity index (χ1n) is 6.74. The number of β-amino-alcohol motifs (C(OH)–C–C–N with tert-alkyl or cyclic N) is 1. The van der Waals surface area contributed by atoms with Crippen LogP contribution in [0.15, 0.2) is 28.9 Å². The molecule has 1 saturated heterocycles. The summed E-state index contributed by atoms with van der Waals surface area (Å²) < 4.78 is 3.16. The molecule has 1 aliphatic heterocycles. The number of nitrogens with zero attached hydrogens (tertiary/aromatic N) is 3. The van der Waals surface area contributed by atoms with Crippen molar-refractivity contribution in [2.45, 2.75) is 25.5 Å². The number of rotatable bonds is 4. The molecular formula is C14H18BrN3O. The quantitative estimate of drug-likeness (QED) is 0.938. The molecule has 4 nitrogen and oxygen atoms in total. The van der Waals surface area contributed by atoms with Gasteiger partial charge in [-0.3, -0.25) is 4.68 Å². The number of benzene rings is 1. The van der Waals surface area contributed by atoms with Crippen LogP contribution >= 0.6 is 15.9 Å². The molecule has 1 aromatic carbocycles. The van der Waals surface area contributed by atoms with Crippen molar-refractivity contribution in [3.8, 4) is 0 Å². The average Bonchev–Trinajstić information content (AvgIpc) is 2.98. The first kappa shape index (κ1) is 13.1. The number of hydrogen-bond donors (Lipinski definition) is 1. The van der Waals surface area contributed by atoms with E-state index in [1.165, 1.54) is 10.9 Å². The van der Waals surface area contributed by atoms with Gasteiger partial charge in [-0.1, -0.05) is 22.0 Å². The molecule has 1 aliphatic rings. The molecule has 1 N–H and O–H groups in total. The summed E-state index contributed by atoms with van der Waals surface area (Å²) >= 11 is 3.55. The molecule has 2 heterocycles. The Labute approximate surface area is 121 Å². The fraction of sp³-hybridized carbons (Fsp3) is 0.500. The van der Waals surface area contributed by atoms with Gasteiger partial charge in [-0.05, 0) is 25.0 Å². The minimum Gasteiger partial charge on any atom is -0.392 e. The van der Waals surface area contributed by atoms with E-state index in [4.69, 9.17) is 0 Å². The van der Waals surface area contributed by atoms with E-state index in [1.807, 2.05) is 18.3 Å². The lowest BCUT2D eigenvalue weighted by atomic mass is 10.2. The van der Waals surface area contributed by atoms with Crippen LogP contribution in [0.5, 0.6) is 0 Å². The van der Waals surface area contributed by atoms with Crippen molar-refractivity contribution in [1.29, 1.82) is 0 Å². The lowest BCUT2D eigenvalue weighted by Crippen LogP contribution is -2.24. The zero-order chi connectivity index (χ0) is 13.2. The third-order valence-corrected chi connectivity index (χ3v) is 4.42. The maximum Gasteiger partial charge on any atom is 0.0693 e. The number of halogens is 1. The van der Waals surface area contributed by atoms with Gasteiger partial charge in [0.15, 0.2) is 0 Å². The summed E-state index contributed by atoms with van der Waals surface area (Å²) in [5, 5.41) is 15.1. The highest BCUT2D eigenvalue weighted by atomic mass is 79.9. The van der Waals surface area contributed by atoms with Gasteiger partial charge in [-0.15, -0.1) is 0 Å². The Morgan fingerprint density at radius 3 is 3.05 bits per heavy atom. The van der Waals surface area contributed by atoms with Crippen LogP contribution in [0.25, 0.3) is 10.9 Å². The van der Waals surface area contributed by atoms with E-state index >= 15 is 0 Å². The molecule has 0 amide bonds. The fourth-order valence-corrected chi connectivity index (χ4v) is 3.16. The number of aromatic nitrogens is 2. The molecule has 1 aromatic heterocycles. The number of aryl methyl sites for hydroxylation is 1. The van der Waals surface area contributed by atoms with Gasteiger partial charge >= 0.3 is 0 Å². The maximum atomic E-state index is 9.49. The van der Waals surface area contributed by atoms with Crippen molar-refractivity contribution in [3.63, 3.8) is 0 Å². The maximum absolute atomic E-state index is 9.49. The Morgan fingerprint density at radius 2 is 2.26 bits per heavy atom. The highest BCUT2D eigenvalue weighted by molar-refractivity contribution is 9.10. The van der Waals surface area contributed by atoms with E-state index in [9.17, 15) is 5.11 Å². The SMILES string of the molecule is O[C@@H]1CCN(CCCn2ncc3c(Br)cccc32)C1. The summed E-state index contributed by atoms with van der Waals surface area (Å²) in [5.74, 6) is 0. The highest BCUT2D eigenvalue weighted by Crippen LogP contribution is 2.23. The minimum absolute atomic E-state index is 0.124. The lowest BCUT2D eigenvalue weighted by Gasteiger charge is -2.14. The van der Waals surface area contributed by atoms with Gasteiger partial charge in [0.05, 0.1) is 17.8 Å². The van der Waals surface area contributed by atoms with Crippen molar-refractivity contribution in [1.82, 2.24) is 14.7 Å². The topological polar surface area (TPSA) is 41.3 Å². The first-order valence-corrected chi connectivity index (χ1v) is 7.54. The minimum atomic E-state index is -0.124. The zero-order valence-corrected chi connectivity index (χ0v) is 12.4. The third-order valence-electron chi connectivity index (χ3n) is 3.73. The third kappa shape index (κ3) is 2.83. The Bertz CT molecular complexity index is 569. The molecule has 3 rings (SSSR count). The Morgan fingerprint density at radius 1 is 1.37 bits per heavy atom. The van der Waals surface area contributed by atoms with Crippen molar-refractivity contribution >= 4 is 26.8 Å². The second kappa shape index (κ2) is 5.61.